The smallest absolute Gasteiger partial charge is 0.250 e. The van der Waals surface area contributed by atoms with Crippen LogP contribution in [0.3, 0.4) is 0 Å². The van der Waals surface area contributed by atoms with Gasteiger partial charge in [-0.25, -0.2) is 13.1 Å². The number of sulfonamides is 1. The Morgan fingerprint density at radius 2 is 2.04 bits per heavy atom. The van der Waals surface area contributed by atoms with Crippen molar-refractivity contribution >= 4 is 32.7 Å². The summed E-state index contributed by atoms with van der Waals surface area (Å²) in [5, 5.41) is 11.5. The first-order valence-corrected chi connectivity index (χ1v) is 10.9. The molecule has 0 bridgehead atoms. The monoisotopic (exact) mass is 371 g/mol. The first-order valence-electron chi connectivity index (χ1n) is 7.74. The second-order valence-electron chi connectivity index (χ2n) is 6.12. The lowest BCUT2D eigenvalue weighted by atomic mass is 9.85. The molecule has 1 aliphatic carbocycles. The lowest BCUT2D eigenvalue weighted by Gasteiger charge is -2.28. The Hall–Kier alpha value is -0.730. The average molecular weight is 372 g/mol. The predicted molar refractivity (Wildman–Crippen MR) is 94.6 cm³/mol. The van der Waals surface area contributed by atoms with Gasteiger partial charge in [0.25, 0.3) is 0 Å². The molecule has 4 nitrogen and oxygen atoms in total. The molecule has 2 aromatic rings. The van der Waals surface area contributed by atoms with Crippen LogP contribution in [-0.2, 0) is 15.4 Å². The standard InChI is InChI=1S/C16H21NO3S3/c1-12(18)13-6-7-14(22-13)16(8-2-3-9-16)11-17-23(19,20)15-5-4-10-21-15/h4-7,10,12,17-18H,2-3,8-9,11H2,1H3/t12-/m0/s1. The first-order chi connectivity index (χ1) is 10.9. The lowest BCUT2D eigenvalue weighted by molar-refractivity contribution is 0.203. The van der Waals surface area contributed by atoms with E-state index in [1.165, 1.54) is 16.2 Å². The molecule has 0 saturated heterocycles. The summed E-state index contributed by atoms with van der Waals surface area (Å²) in [6.07, 6.45) is 3.72. The van der Waals surface area contributed by atoms with Gasteiger partial charge in [-0.3, -0.25) is 0 Å². The molecule has 0 radical (unpaired) electrons. The van der Waals surface area contributed by atoms with Crippen molar-refractivity contribution in [3.05, 3.63) is 39.4 Å². The molecule has 0 amide bonds. The summed E-state index contributed by atoms with van der Waals surface area (Å²) in [7, 11) is -3.44. The zero-order chi connectivity index (χ0) is 16.5. The van der Waals surface area contributed by atoms with Gasteiger partial charge >= 0.3 is 0 Å². The molecule has 1 saturated carbocycles. The van der Waals surface area contributed by atoms with Crippen molar-refractivity contribution in [3.63, 3.8) is 0 Å². The Kier molecular flexibility index (Phi) is 4.94. The van der Waals surface area contributed by atoms with Crippen molar-refractivity contribution in [2.75, 3.05) is 6.54 Å². The maximum absolute atomic E-state index is 12.4. The SMILES string of the molecule is C[C@H](O)c1ccc(C2(CNS(=O)(=O)c3cccs3)CCCC2)s1. The highest BCUT2D eigenvalue weighted by Crippen LogP contribution is 2.44. The van der Waals surface area contributed by atoms with Crippen LogP contribution in [0.25, 0.3) is 0 Å². The van der Waals surface area contributed by atoms with Gasteiger partial charge in [-0.05, 0) is 43.3 Å². The van der Waals surface area contributed by atoms with Crippen molar-refractivity contribution in [1.82, 2.24) is 4.72 Å². The molecule has 2 N–H and O–H groups in total. The number of thiophene rings is 2. The molecule has 7 heteroatoms. The van der Waals surface area contributed by atoms with Crippen LogP contribution < -0.4 is 4.72 Å². The predicted octanol–water partition coefficient (Wildman–Crippen LogP) is 3.65. The maximum atomic E-state index is 12.4. The number of rotatable bonds is 6. The van der Waals surface area contributed by atoms with E-state index < -0.39 is 16.1 Å². The van der Waals surface area contributed by atoms with Crippen molar-refractivity contribution < 1.29 is 13.5 Å². The van der Waals surface area contributed by atoms with E-state index >= 15 is 0 Å². The summed E-state index contributed by atoms with van der Waals surface area (Å²) in [4.78, 5) is 2.12. The third-order valence-electron chi connectivity index (χ3n) is 4.48. The summed E-state index contributed by atoms with van der Waals surface area (Å²) >= 11 is 2.84. The Bertz CT molecular complexity index is 741. The van der Waals surface area contributed by atoms with E-state index in [2.05, 4.69) is 10.8 Å². The number of aliphatic hydroxyl groups is 1. The molecule has 126 valence electrons. The van der Waals surface area contributed by atoms with Crippen molar-refractivity contribution in [1.29, 1.82) is 0 Å². The van der Waals surface area contributed by atoms with Crippen LogP contribution in [-0.4, -0.2) is 20.1 Å². The number of nitrogens with one attached hydrogen (secondary N) is 1. The van der Waals surface area contributed by atoms with Gasteiger partial charge < -0.3 is 5.11 Å². The minimum atomic E-state index is -3.44. The van der Waals surface area contributed by atoms with Crippen LogP contribution in [0.5, 0.6) is 0 Å². The van der Waals surface area contributed by atoms with Crippen molar-refractivity contribution in [2.24, 2.45) is 0 Å². The molecular formula is C16H21NO3S3. The quantitative estimate of drug-likeness (QED) is 0.814. The Labute approximate surface area is 145 Å². The highest BCUT2D eigenvalue weighted by atomic mass is 32.2. The summed E-state index contributed by atoms with van der Waals surface area (Å²) in [6, 6.07) is 7.39. The molecule has 1 atom stereocenters. The fourth-order valence-corrected chi connectivity index (χ4v) is 6.50. The van der Waals surface area contributed by atoms with Crippen molar-refractivity contribution in [3.8, 4) is 0 Å². The Morgan fingerprint density at radius 3 is 2.61 bits per heavy atom. The molecule has 0 spiro atoms. The summed E-state index contributed by atoms with van der Waals surface area (Å²) < 4.78 is 28.0. The van der Waals surface area contributed by atoms with E-state index in [4.69, 9.17) is 0 Å². The molecule has 0 aliphatic heterocycles. The topological polar surface area (TPSA) is 66.4 Å². The van der Waals surface area contributed by atoms with Crippen LogP contribution in [0.15, 0.2) is 33.9 Å². The van der Waals surface area contributed by atoms with E-state index in [1.807, 2.05) is 6.07 Å². The van der Waals surface area contributed by atoms with E-state index in [0.717, 1.165) is 30.6 Å². The minimum Gasteiger partial charge on any atom is -0.388 e. The summed E-state index contributed by atoms with van der Waals surface area (Å²) in [6.45, 7) is 2.18. The van der Waals surface area contributed by atoms with E-state index in [1.54, 1.807) is 35.8 Å². The van der Waals surface area contributed by atoms with Crippen LogP contribution in [0.1, 0.15) is 48.5 Å². The van der Waals surface area contributed by atoms with Gasteiger partial charge in [0.1, 0.15) is 4.21 Å². The average Bonchev–Trinajstić information content (AvgIpc) is 3.24. The third-order valence-corrected chi connectivity index (χ3v) is 8.78. The second-order valence-corrected chi connectivity index (χ2v) is 10.2. The molecule has 23 heavy (non-hydrogen) atoms. The number of aliphatic hydroxyl groups excluding tert-OH is 1. The summed E-state index contributed by atoms with van der Waals surface area (Å²) in [5.41, 5.74) is -0.137. The molecule has 1 fully saturated rings. The molecule has 2 heterocycles. The van der Waals surface area contributed by atoms with E-state index in [0.29, 0.717) is 10.8 Å². The van der Waals surface area contributed by atoms with Crippen LogP contribution >= 0.6 is 22.7 Å². The molecular weight excluding hydrogens is 350 g/mol. The highest BCUT2D eigenvalue weighted by molar-refractivity contribution is 7.91. The van der Waals surface area contributed by atoms with Crippen LogP contribution in [0.2, 0.25) is 0 Å². The van der Waals surface area contributed by atoms with Crippen molar-refractivity contribution in [2.45, 2.75) is 48.3 Å². The van der Waals surface area contributed by atoms with Gasteiger partial charge in [0.05, 0.1) is 6.10 Å². The van der Waals surface area contributed by atoms with Gasteiger partial charge in [-0.1, -0.05) is 18.9 Å². The fourth-order valence-electron chi connectivity index (χ4n) is 3.15. The highest BCUT2D eigenvalue weighted by Gasteiger charge is 2.38. The van der Waals surface area contributed by atoms with Gasteiger partial charge in [0.2, 0.25) is 10.0 Å². The van der Waals surface area contributed by atoms with Crippen LogP contribution in [0.4, 0.5) is 0 Å². The number of hydrogen-bond donors (Lipinski definition) is 2. The largest absolute Gasteiger partial charge is 0.388 e. The molecule has 2 aromatic heterocycles. The summed E-state index contributed by atoms with van der Waals surface area (Å²) in [5.74, 6) is 0. The fraction of sp³-hybridized carbons (Fsp3) is 0.500. The van der Waals surface area contributed by atoms with Gasteiger partial charge in [0.15, 0.2) is 0 Å². The van der Waals surface area contributed by atoms with E-state index in [-0.39, 0.29) is 5.41 Å². The second kappa shape index (κ2) is 6.64. The normalized spacial score (nSPS) is 19.0. The van der Waals surface area contributed by atoms with E-state index in [9.17, 15) is 13.5 Å². The Morgan fingerprint density at radius 1 is 1.30 bits per heavy atom. The van der Waals surface area contributed by atoms with Crippen LogP contribution in [0, 0.1) is 0 Å². The minimum absolute atomic E-state index is 0.137. The number of hydrogen-bond acceptors (Lipinski definition) is 5. The van der Waals surface area contributed by atoms with Gasteiger partial charge in [-0.2, -0.15) is 0 Å². The lowest BCUT2D eigenvalue weighted by Crippen LogP contribution is -2.38. The molecule has 1 aliphatic rings. The molecule has 3 rings (SSSR count). The maximum Gasteiger partial charge on any atom is 0.250 e. The molecule has 0 aromatic carbocycles. The first kappa shape index (κ1) is 17.1. The third kappa shape index (κ3) is 3.53. The molecule has 0 unspecified atom stereocenters. The zero-order valence-corrected chi connectivity index (χ0v) is 15.4. The zero-order valence-electron chi connectivity index (χ0n) is 13.0. The van der Waals surface area contributed by atoms with Gasteiger partial charge in [-0.15, -0.1) is 22.7 Å². The van der Waals surface area contributed by atoms with Gasteiger partial charge in [0, 0.05) is 21.7 Å². The Balaban J connectivity index is 1.81.